The Hall–Kier alpha value is -1.80. The van der Waals surface area contributed by atoms with E-state index in [2.05, 4.69) is 20.1 Å². The zero-order valence-corrected chi connectivity index (χ0v) is 22.6. The Morgan fingerprint density at radius 2 is 1.97 bits per heavy atom. The second-order valence-corrected chi connectivity index (χ2v) is 12.3. The normalized spacial score (nSPS) is 32.2. The molecule has 3 rings (SSSR count). The van der Waals surface area contributed by atoms with Gasteiger partial charge >= 0.3 is 5.97 Å². The lowest BCUT2D eigenvalue weighted by Crippen LogP contribution is -2.60. The summed E-state index contributed by atoms with van der Waals surface area (Å²) in [6.07, 6.45) is 5.69. The van der Waals surface area contributed by atoms with Crippen LogP contribution in [0.2, 0.25) is 0 Å². The van der Waals surface area contributed by atoms with Gasteiger partial charge in [0.25, 0.3) is 0 Å². The second kappa shape index (κ2) is 11.1. The number of unbranched alkanes of at least 4 members (excludes halogenated alkanes) is 1. The van der Waals surface area contributed by atoms with Gasteiger partial charge in [-0.1, -0.05) is 32.9 Å². The summed E-state index contributed by atoms with van der Waals surface area (Å²) in [5, 5.41) is 10.3. The largest absolute Gasteiger partial charge is 0.465 e. The fourth-order valence-corrected chi connectivity index (χ4v) is 8.72. The molecular weight excluding hydrogens is 464 g/mol. The monoisotopic (exact) mass is 506 g/mol. The summed E-state index contributed by atoms with van der Waals surface area (Å²) in [4.78, 5) is 45.1. The van der Waals surface area contributed by atoms with Gasteiger partial charge in [0.2, 0.25) is 11.8 Å². The highest BCUT2D eigenvalue weighted by molar-refractivity contribution is 8.02. The third-order valence-electron chi connectivity index (χ3n) is 8.03. The molecule has 3 aliphatic heterocycles. The zero-order valence-electron chi connectivity index (χ0n) is 21.8. The van der Waals surface area contributed by atoms with E-state index in [0.29, 0.717) is 19.6 Å². The number of nitrogens with zero attached hydrogens (tertiary/aromatic N) is 2. The predicted octanol–water partition coefficient (Wildman–Crippen LogP) is 3.27. The Morgan fingerprint density at radius 1 is 1.29 bits per heavy atom. The van der Waals surface area contributed by atoms with Crippen molar-refractivity contribution in [1.82, 2.24) is 9.80 Å². The fraction of sp³-hybridized carbons (Fsp3) is 0.741. The lowest BCUT2D eigenvalue weighted by molar-refractivity contribution is -0.155. The van der Waals surface area contributed by atoms with Crippen molar-refractivity contribution in [2.45, 2.75) is 82.0 Å². The van der Waals surface area contributed by atoms with Crippen LogP contribution in [0, 0.1) is 23.7 Å². The number of aliphatic hydroxyl groups excluding tert-OH is 1. The van der Waals surface area contributed by atoms with Crippen molar-refractivity contribution in [3.05, 3.63) is 25.3 Å². The summed E-state index contributed by atoms with van der Waals surface area (Å²) < 4.78 is 4.91. The summed E-state index contributed by atoms with van der Waals surface area (Å²) in [5.41, 5.74) is 0. The number of aliphatic hydroxyl groups is 1. The van der Waals surface area contributed by atoms with E-state index in [0.717, 1.165) is 12.8 Å². The number of likely N-dealkylation sites (tertiary alicyclic amines) is 1. The van der Waals surface area contributed by atoms with Gasteiger partial charge in [-0.15, -0.1) is 24.9 Å². The molecule has 0 aromatic carbocycles. The summed E-state index contributed by atoms with van der Waals surface area (Å²) in [5.74, 6) is -1.87. The summed E-state index contributed by atoms with van der Waals surface area (Å²) >= 11 is 1.63. The van der Waals surface area contributed by atoms with Crippen molar-refractivity contribution in [3.63, 3.8) is 0 Å². The number of fused-ring (bicyclic) bond motifs is 1. The van der Waals surface area contributed by atoms with E-state index < -0.39 is 28.7 Å². The van der Waals surface area contributed by atoms with Gasteiger partial charge in [-0.05, 0) is 44.9 Å². The van der Waals surface area contributed by atoms with Crippen LogP contribution < -0.4 is 0 Å². The van der Waals surface area contributed by atoms with Crippen LogP contribution in [-0.2, 0) is 19.1 Å². The first-order valence-electron chi connectivity index (χ1n) is 12.9. The summed E-state index contributed by atoms with van der Waals surface area (Å²) in [6.45, 7) is 17.9. The van der Waals surface area contributed by atoms with E-state index in [1.165, 1.54) is 0 Å². The van der Waals surface area contributed by atoms with Gasteiger partial charge < -0.3 is 19.6 Å². The maximum atomic E-state index is 14.2. The number of amides is 2. The molecule has 2 bridgehead atoms. The number of hydrogen-bond donors (Lipinski definition) is 1. The van der Waals surface area contributed by atoms with Crippen molar-refractivity contribution >= 4 is 29.5 Å². The first kappa shape index (κ1) is 27.8. The first-order valence-corrected chi connectivity index (χ1v) is 13.8. The van der Waals surface area contributed by atoms with Crippen LogP contribution in [0.1, 0.15) is 53.9 Å². The van der Waals surface area contributed by atoms with Crippen LogP contribution in [0.3, 0.4) is 0 Å². The van der Waals surface area contributed by atoms with Crippen molar-refractivity contribution in [1.29, 1.82) is 0 Å². The van der Waals surface area contributed by atoms with E-state index in [9.17, 15) is 19.5 Å². The molecule has 3 heterocycles. The number of hydrogen-bond acceptors (Lipinski definition) is 6. The predicted molar refractivity (Wildman–Crippen MR) is 139 cm³/mol. The molecular formula is C27H42N2O5S. The third kappa shape index (κ3) is 4.57. The minimum absolute atomic E-state index is 0.0526. The van der Waals surface area contributed by atoms with Crippen molar-refractivity contribution in [2.75, 3.05) is 19.8 Å². The van der Waals surface area contributed by atoms with Crippen LogP contribution in [0.4, 0.5) is 0 Å². The average Bonchev–Trinajstić information content (AvgIpc) is 3.39. The number of allylic oxidation sites excluding steroid dienone is 1. The van der Waals surface area contributed by atoms with Crippen LogP contribution in [0.15, 0.2) is 25.3 Å². The fourth-order valence-electron chi connectivity index (χ4n) is 6.33. The van der Waals surface area contributed by atoms with Gasteiger partial charge in [-0.25, -0.2) is 0 Å². The Kier molecular flexibility index (Phi) is 8.79. The molecule has 8 heteroatoms. The molecule has 0 saturated carbocycles. The third-order valence-corrected chi connectivity index (χ3v) is 10.1. The number of ether oxygens (including phenoxy) is 1. The van der Waals surface area contributed by atoms with E-state index in [1.54, 1.807) is 33.7 Å². The molecule has 7 nitrogen and oxygen atoms in total. The van der Waals surface area contributed by atoms with Gasteiger partial charge in [0.15, 0.2) is 0 Å². The lowest BCUT2D eigenvalue weighted by Gasteiger charge is -2.43. The SMILES string of the molecule is C=CCCCOC(=O)[C@@H]1[C@H]2C(=O)N([C@@H](CO)C(C)C)C(C(=O)N(CC=C)C(C)C)C23S[C@@H]1CC3C. The number of esters is 1. The van der Waals surface area contributed by atoms with Crippen LogP contribution in [0.25, 0.3) is 0 Å². The van der Waals surface area contributed by atoms with E-state index in [4.69, 9.17) is 4.74 Å². The molecule has 3 aliphatic rings. The first-order chi connectivity index (χ1) is 16.6. The average molecular weight is 507 g/mol. The minimum Gasteiger partial charge on any atom is -0.465 e. The Bertz CT molecular complexity index is 845. The molecule has 0 radical (unpaired) electrons. The maximum Gasteiger partial charge on any atom is 0.310 e. The summed E-state index contributed by atoms with van der Waals surface area (Å²) in [6, 6.07) is -1.33. The standard InChI is InChI=1S/C27H42N2O5S/c1-8-10-11-13-34-26(33)21-20-14-18(7)27(35-20)22(21)24(31)29(19(15-30)16(3)4)23(27)25(32)28(12-9-2)17(5)6/h8-9,16-23,30H,1-2,10-15H2,3-7H3/t18?,19-,20+,21-,22-,23?,27?/m0/s1. The molecule has 1 N–H and O–H groups in total. The van der Waals surface area contributed by atoms with Crippen LogP contribution in [-0.4, -0.2) is 80.6 Å². The molecule has 2 amide bonds. The number of carbonyl (C=O) groups excluding carboxylic acids is 3. The van der Waals surface area contributed by atoms with Gasteiger partial charge in [0.1, 0.15) is 6.04 Å². The van der Waals surface area contributed by atoms with Crippen molar-refractivity contribution < 1.29 is 24.2 Å². The second-order valence-electron chi connectivity index (χ2n) is 10.8. The number of thioether (sulfide) groups is 1. The Labute approximate surface area is 214 Å². The molecule has 196 valence electrons. The van der Waals surface area contributed by atoms with Gasteiger partial charge in [-0.3, -0.25) is 14.4 Å². The van der Waals surface area contributed by atoms with Crippen LogP contribution in [0.5, 0.6) is 0 Å². The van der Waals surface area contributed by atoms with Crippen molar-refractivity contribution in [2.24, 2.45) is 23.7 Å². The van der Waals surface area contributed by atoms with Gasteiger partial charge in [-0.2, -0.15) is 0 Å². The number of carbonyl (C=O) groups is 3. The topological polar surface area (TPSA) is 87.1 Å². The molecule has 0 aromatic rings. The molecule has 3 saturated heterocycles. The molecule has 3 fully saturated rings. The highest BCUT2D eigenvalue weighted by Gasteiger charge is 2.77. The maximum absolute atomic E-state index is 14.2. The van der Waals surface area contributed by atoms with E-state index >= 15 is 0 Å². The molecule has 0 aromatic heterocycles. The Balaban J connectivity index is 2.07. The van der Waals surface area contributed by atoms with E-state index in [1.807, 2.05) is 27.7 Å². The molecule has 1 spiro atoms. The lowest BCUT2D eigenvalue weighted by atomic mass is 9.66. The Morgan fingerprint density at radius 3 is 2.51 bits per heavy atom. The smallest absolute Gasteiger partial charge is 0.310 e. The number of rotatable bonds is 12. The molecule has 7 atom stereocenters. The summed E-state index contributed by atoms with van der Waals surface area (Å²) in [7, 11) is 0. The highest BCUT2D eigenvalue weighted by atomic mass is 32.2. The molecule has 3 unspecified atom stereocenters. The minimum atomic E-state index is -0.745. The quantitative estimate of drug-likeness (QED) is 0.248. The van der Waals surface area contributed by atoms with E-state index in [-0.39, 0.29) is 47.5 Å². The van der Waals surface area contributed by atoms with Crippen LogP contribution >= 0.6 is 11.8 Å². The highest BCUT2D eigenvalue weighted by Crippen LogP contribution is 2.69. The zero-order chi connectivity index (χ0) is 26.1. The molecule has 0 aliphatic carbocycles. The molecule has 35 heavy (non-hydrogen) atoms. The van der Waals surface area contributed by atoms with Gasteiger partial charge in [0.05, 0.1) is 35.8 Å². The van der Waals surface area contributed by atoms with Gasteiger partial charge in [0, 0.05) is 17.8 Å². The van der Waals surface area contributed by atoms with Crippen molar-refractivity contribution in [3.8, 4) is 0 Å².